The molecule has 4 aromatic rings. The molecule has 0 bridgehead atoms. The van der Waals surface area contributed by atoms with Crippen LogP contribution < -0.4 is 10.2 Å². The maximum Gasteiger partial charge on any atom is 0.196 e. The molecule has 1 aromatic carbocycles. The van der Waals surface area contributed by atoms with E-state index in [0.29, 0.717) is 29.7 Å². The smallest absolute Gasteiger partial charge is 0.196 e. The van der Waals surface area contributed by atoms with Crippen LogP contribution in [0.25, 0.3) is 10.2 Å². The van der Waals surface area contributed by atoms with Gasteiger partial charge >= 0.3 is 0 Å². The van der Waals surface area contributed by atoms with Crippen molar-refractivity contribution in [1.82, 2.24) is 20.2 Å². The fraction of sp³-hybridized carbons (Fsp3) is 0.263. The molecule has 30 heavy (non-hydrogen) atoms. The van der Waals surface area contributed by atoms with Crippen molar-refractivity contribution in [3.63, 3.8) is 0 Å². The van der Waals surface area contributed by atoms with Crippen molar-refractivity contribution in [2.45, 2.75) is 19.6 Å². The van der Waals surface area contributed by atoms with Gasteiger partial charge in [0.15, 0.2) is 28.2 Å². The summed E-state index contributed by atoms with van der Waals surface area (Å²) in [7, 11) is 0. The van der Waals surface area contributed by atoms with E-state index in [4.69, 9.17) is 0 Å². The third-order valence-corrected chi connectivity index (χ3v) is 6.15. The fourth-order valence-electron chi connectivity index (χ4n) is 2.81. The molecule has 4 N–H and O–H groups in total. The Morgan fingerprint density at radius 2 is 2.00 bits per heavy atom. The van der Waals surface area contributed by atoms with Crippen LogP contribution in [-0.4, -0.2) is 48.6 Å². The van der Waals surface area contributed by atoms with Gasteiger partial charge in [0.1, 0.15) is 5.69 Å². The number of benzene rings is 1. The molecule has 11 heteroatoms. The Balaban J connectivity index is 1.59. The number of para-hydroxylation sites is 1. The van der Waals surface area contributed by atoms with Gasteiger partial charge in [-0.15, -0.1) is 21.5 Å². The van der Waals surface area contributed by atoms with Crippen LogP contribution in [0.1, 0.15) is 24.0 Å². The van der Waals surface area contributed by atoms with Gasteiger partial charge in [-0.05, 0) is 37.1 Å². The first kappa shape index (κ1) is 20.6. The molecule has 0 unspecified atom stereocenters. The molecule has 4 rings (SSSR count). The molecule has 0 saturated heterocycles. The van der Waals surface area contributed by atoms with Crippen molar-refractivity contribution in [2.24, 2.45) is 0 Å². The summed E-state index contributed by atoms with van der Waals surface area (Å²) in [5, 5.41) is 42.7. The van der Waals surface area contributed by atoms with E-state index >= 15 is 0 Å². The zero-order valence-electron chi connectivity index (χ0n) is 16.1. The molecule has 9 nitrogen and oxygen atoms in total. The lowest BCUT2D eigenvalue weighted by Gasteiger charge is -2.20. The number of fused-ring (bicyclic) bond motifs is 1. The summed E-state index contributed by atoms with van der Waals surface area (Å²) in [5.41, 5.74) is 1.96. The van der Waals surface area contributed by atoms with Gasteiger partial charge < -0.3 is 25.5 Å². The summed E-state index contributed by atoms with van der Waals surface area (Å²) >= 11 is 2.81. The lowest BCUT2D eigenvalue weighted by Crippen LogP contribution is -2.21. The first-order chi connectivity index (χ1) is 14.5. The van der Waals surface area contributed by atoms with Gasteiger partial charge in [-0.1, -0.05) is 23.5 Å². The SMILES string of the molecule is Cc1cc(N(CCCO)c2nc(C(O)O)cs2)nnc1Nc1nc2ccccc2s1. The van der Waals surface area contributed by atoms with E-state index in [1.54, 1.807) is 21.6 Å². The molecule has 0 amide bonds. The standard InChI is InChI=1S/C19H20N6O3S2/c1-11-9-15(25(7-4-8-26)19-21-13(10-29-19)17(27)28)23-24-16(11)22-18-20-12-5-2-3-6-14(12)30-18/h2-3,5-6,9-10,17,26-28H,4,7-8H2,1H3,(H,20,22,24). The number of thiazole rings is 2. The number of anilines is 4. The Bertz CT molecular complexity index is 1110. The van der Waals surface area contributed by atoms with Crippen LogP contribution in [0, 0.1) is 6.92 Å². The Hall–Kier alpha value is -2.70. The highest BCUT2D eigenvalue weighted by Gasteiger charge is 2.18. The maximum absolute atomic E-state index is 9.34. The van der Waals surface area contributed by atoms with Crippen molar-refractivity contribution < 1.29 is 15.3 Å². The van der Waals surface area contributed by atoms with E-state index in [9.17, 15) is 15.3 Å². The summed E-state index contributed by atoms with van der Waals surface area (Å²) < 4.78 is 1.09. The van der Waals surface area contributed by atoms with Crippen molar-refractivity contribution >= 4 is 54.8 Å². The Morgan fingerprint density at radius 3 is 2.70 bits per heavy atom. The van der Waals surface area contributed by atoms with E-state index in [1.165, 1.54) is 11.3 Å². The minimum atomic E-state index is -1.64. The van der Waals surface area contributed by atoms with Crippen LogP contribution in [0.15, 0.2) is 35.7 Å². The lowest BCUT2D eigenvalue weighted by atomic mass is 10.3. The zero-order chi connectivity index (χ0) is 21.1. The first-order valence-corrected chi connectivity index (χ1v) is 10.9. The number of nitrogens with zero attached hydrogens (tertiary/aromatic N) is 5. The van der Waals surface area contributed by atoms with Crippen molar-refractivity contribution in [2.75, 3.05) is 23.4 Å². The highest BCUT2D eigenvalue weighted by atomic mass is 32.1. The molecular formula is C19H20N6O3S2. The number of aromatic nitrogens is 4. The average Bonchev–Trinajstić information content (AvgIpc) is 3.37. The molecule has 3 aromatic heterocycles. The average molecular weight is 445 g/mol. The van der Waals surface area contributed by atoms with E-state index in [2.05, 4.69) is 25.5 Å². The Morgan fingerprint density at radius 1 is 1.17 bits per heavy atom. The number of hydrogen-bond acceptors (Lipinski definition) is 11. The number of nitrogens with one attached hydrogen (secondary N) is 1. The Kier molecular flexibility index (Phi) is 6.16. The third kappa shape index (κ3) is 4.40. The van der Waals surface area contributed by atoms with Crippen molar-refractivity contribution in [1.29, 1.82) is 0 Å². The summed E-state index contributed by atoms with van der Waals surface area (Å²) in [6.45, 7) is 2.40. The van der Waals surface area contributed by atoms with E-state index in [1.807, 2.05) is 37.3 Å². The molecule has 0 radical (unpaired) electrons. The molecule has 0 atom stereocenters. The van der Waals surface area contributed by atoms with Crippen LogP contribution >= 0.6 is 22.7 Å². The monoisotopic (exact) mass is 444 g/mol. The van der Waals surface area contributed by atoms with Crippen LogP contribution in [-0.2, 0) is 0 Å². The normalized spacial score (nSPS) is 11.4. The lowest BCUT2D eigenvalue weighted by molar-refractivity contribution is -0.0453. The number of hydrogen-bond donors (Lipinski definition) is 4. The maximum atomic E-state index is 9.34. The third-order valence-electron chi connectivity index (χ3n) is 4.31. The molecule has 3 heterocycles. The van der Waals surface area contributed by atoms with Gasteiger partial charge in [-0.2, -0.15) is 0 Å². The van der Waals surface area contributed by atoms with E-state index in [-0.39, 0.29) is 12.3 Å². The van der Waals surface area contributed by atoms with Crippen LogP contribution in [0.2, 0.25) is 0 Å². The number of aliphatic hydroxyl groups is 3. The largest absolute Gasteiger partial charge is 0.396 e. The molecule has 0 spiro atoms. The van der Waals surface area contributed by atoms with Gasteiger partial charge in [0.25, 0.3) is 0 Å². The molecule has 0 aliphatic rings. The second kappa shape index (κ2) is 8.98. The summed E-state index contributed by atoms with van der Waals surface area (Å²) in [6.07, 6.45) is -1.13. The van der Waals surface area contributed by atoms with Crippen LogP contribution in [0.3, 0.4) is 0 Å². The predicted octanol–water partition coefficient (Wildman–Crippen LogP) is 3.10. The van der Waals surface area contributed by atoms with E-state index < -0.39 is 6.29 Å². The second-order valence-corrected chi connectivity index (χ2v) is 8.37. The topological polar surface area (TPSA) is 128 Å². The predicted molar refractivity (Wildman–Crippen MR) is 118 cm³/mol. The minimum Gasteiger partial charge on any atom is -0.396 e. The number of aryl methyl sites for hydroxylation is 1. The van der Waals surface area contributed by atoms with Crippen LogP contribution in [0.5, 0.6) is 0 Å². The van der Waals surface area contributed by atoms with Gasteiger partial charge in [-0.3, -0.25) is 0 Å². The van der Waals surface area contributed by atoms with Gasteiger partial charge in [-0.25, -0.2) is 9.97 Å². The van der Waals surface area contributed by atoms with Crippen LogP contribution in [0.4, 0.5) is 21.9 Å². The first-order valence-electron chi connectivity index (χ1n) is 9.22. The molecule has 0 fully saturated rings. The van der Waals surface area contributed by atoms with Gasteiger partial charge in [0.2, 0.25) is 0 Å². The zero-order valence-corrected chi connectivity index (χ0v) is 17.7. The van der Waals surface area contributed by atoms with Crippen molar-refractivity contribution in [3.8, 4) is 0 Å². The van der Waals surface area contributed by atoms with E-state index in [0.717, 1.165) is 20.9 Å². The highest BCUT2D eigenvalue weighted by molar-refractivity contribution is 7.22. The minimum absolute atomic E-state index is 0.0149. The van der Waals surface area contributed by atoms with Crippen molar-refractivity contribution in [3.05, 3.63) is 47.0 Å². The number of rotatable bonds is 8. The molecule has 0 saturated carbocycles. The van der Waals surface area contributed by atoms with Gasteiger partial charge in [0.05, 0.1) is 10.2 Å². The summed E-state index contributed by atoms with van der Waals surface area (Å²) in [5.74, 6) is 1.16. The molecule has 0 aliphatic carbocycles. The second-order valence-electron chi connectivity index (χ2n) is 6.50. The molecular weight excluding hydrogens is 424 g/mol. The summed E-state index contributed by atoms with van der Waals surface area (Å²) in [4.78, 5) is 10.6. The molecule has 156 valence electrons. The number of aliphatic hydroxyl groups excluding tert-OH is 2. The fourth-order valence-corrected chi connectivity index (χ4v) is 4.54. The molecule has 0 aliphatic heterocycles. The summed E-state index contributed by atoms with van der Waals surface area (Å²) in [6, 6.07) is 9.78. The Labute approximate surface area is 180 Å². The quantitative estimate of drug-likeness (QED) is 0.303. The van der Waals surface area contributed by atoms with Gasteiger partial charge in [0, 0.05) is 18.5 Å². The highest BCUT2D eigenvalue weighted by Crippen LogP contribution is 2.32.